The average molecular weight is 181 g/mol. The largest absolute Gasteiger partial charge is 0.330 e. The first-order chi connectivity index (χ1) is 6.25. The minimum atomic E-state index is 0.757. The molecule has 76 valence electrons. The summed E-state index contributed by atoms with van der Waals surface area (Å²) in [6.45, 7) is 5.49. The van der Waals surface area contributed by atoms with Gasteiger partial charge in [0.1, 0.15) is 0 Å². The summed E-state index contributed by atoms with van der Waals surface area (Å²) in [4.78, 5) is 0. The van der Waals surface area contributed by atoms with E-state index in [1.807, 2.05) is 0 Å². The van der Waals surface area contributed by atoms with Gasteiger partial charge in [0.25, 0.3) is 0 Å². The number of rotatable bonds is 5. The van der Waals surface area contributed by atoms with E-state index in [9.17, 15) is 0 Å². The third-order valence-corrected chi connectivity index (χ3v) is 3.01. The zero-order chi connectivity index (χ0) is 9.68. The van der Waals surface area contributed by atoms with Crippen molar-refractivity contribution >= 4 is 0 Å². The lowest BCUT2D eigenvalue weighted by Gasteiger charge is -2.24. The first-order valence-electron chi connectivity index (χ1n) is 5.66. The maximum atomic E-state index is 5.50. The van der Waals surface area contributed by atoms with Crippen LogP contribution in [-0.2, 0) is 0 Å². The SMILES string of the molecule is CC(C)C(CCCCN)=C1CCC1. The van der Waals surface area contributed by atoms with Gasteiger partial charge < -0.3 is 5.73 Å². The Morgan fingerprint density at radius 3 is 2.38 bits per heavy atom. The summed E-state index contributed by atoms with van der Waals surface area (Å²) in [6.07, 6.45) is 7.93. The second-order valence-electron chi connectivity index (χ2n) is 4.38. The van der Waals surface area contributed by atoms with Crippen molar-refractivity contribution in [3.05, 3.63) is 11.1 Å². The van der Waals surface area contributed by atoms with E-state index in [0.717, 1.165) is 12.5 Å². The van der Waals surface area contributed by atoms with Crippen LogP contribution in [0.1, 0.15) is 52.4 Å². The fraction of sp³-hybridized carbons (Fsp3) is 0.833. The van der Waals surface area contributed by atoms with Crippen LogP contribution in [0, 0.1) is 5.92 Å². The Balaban J connectivity index is 2.39. The van der Waals surface area contributed by atoms with E-state index in [0.29, 0.717) is 0 Å². The van der Waals surface area contributed by atoms with Gasteiger partial charge in [-0.25, -0.2) is 0 Å². The molecule has 0 aromatic carbocycles. The molecular formula is C12H23N. The molecule has 0 atom stereocenters. The van der Waals surface area contributed by atoms with Gasteiger partial charge in [-0.15, -0.1) is 0 Å². The highest BCUT2D eigenvalue weighted by molar-refractivity contribution is 5.21. The summed E-state index contributed by atoms with van der Waals surface area (Å²) >= 11 is 0. The summed E-state index contributed by atoms with van der Waals surface area (Å²) in [5.74, 6) is 0.757. The molecule has 0 spiro atoms. The maximum absolute atomic E-state index is 5.50. The molecule has 1 saturated carbocycles. The fourth-order valence-corrected chi connectivity index (χ4v) is 2.01. The van der Waals surface area contributed by atoms with Crippen LogP contribution in [0.25, 0.3) is 0 Å². The first kappa shape index (κ1) is 10.8. The van der Waals surface area contributed by atoms with Gasteiger partial charge in [-0.3, -0.25) is 0 Å². The molecule has 0 amide bonds. The maximum Gasteiger partial charge on any atom is -0.00772 e. The molecule has 0 saturated heterocycles. The molecule has 0 aliphatic heterocycles. The van der Waals surface area contributed by atoms with Gasteiger partial charge in [-0.05, 0) is 51.0 Å². The minimum absolute atomic E-state index is 0.757. The molecule has 0 heterocycles. The molecule has 1 heteroatoms. The predicted molar refractivity (Wildman–Crippen MR) is 58.6 cm³/mol. The van der Waals surface area contributed by atoms with Crippen molar-refractivity contribution in [3.8, 4) is 0 Å². The highest BCUT2D eigenvalue weighted by Gasteiger charge is 2.15. The summed E-state index contributed by atoms with van der Waals surface area (Å²) in [5, 5.41) is 0. The third kappa shape index (κ3) is 3.15. The van der Waals surface area contributed by atoms with E-state index >= 15 is 0 Å². The Hall–Kier alpha value is -0.300. The number of hydrogen-bond donors (Lipinski definition) is 1. The quantitative estimate of drug-likeness (QED) is 0.511. The van der Waals surface area contributed by atoms with Crippen molar-refractivity contribution in [3.63, 3.8) is 0 Å². The molecule has 1 nitrogen and oxygen atoms in total. The second kappa shape index (κ2) is 5.43. The van der Waals surface area contributed by atoms with Crippen LogP contribution in [0.3, 0.4) is 0 Å². The predicted octanol–water partition coefficient (Wildman–Crippen LogP) is 3.25. The first-order valence-corrected chi connectivity index (χ1v) is 5.66. The van der Waals surface area contributed by atoms with Crippen molar-refractivity contribution in [2.24, 2.45) is 11.7 Å². The monoisotopic (exact) mass is 181 g/mol. The third-order valence-electron chi connectivity index (χ3n) is 3.01. The standard InChI is InChI=1S/C12H23N/c1-10(2)12(8-3-4-9-13)11-6-5-7-11/h10H,3-9,13H2,1-2H3. The van der Waals surface area contributed by atoms with Crippen LogP contribution >= 0.6 is 0 Å². The minimum Gasteiger partial charge on any atom is -0.330 e. The van der Waals surface area contributed by atoms with E-state index < -0.39 is 0 Å². The molecule has 0 aromatic heterocycles. The van der Waals surface area contributed by atoms with Crippen molar-refractivity contribution in [2.75, 3.05) is 6.54 Å². The zero-order valence-corrected chi connectivity index (χ0v) is 9.10. The number of nitrogens with two attached hydrogens (primary N) is 1. The summed E-state index contributed by atoms with van der Waals surface area (Å²) in [7, 11) is 0. The van der Waals surface area contributed by atoms with Crippen LogP contribution in [0.15, 0.2) is 11.1 Å². The Bertz CT molecular complexity index is 174. The van der Waals surface area contributed by atoms with Crippen molar-refractivity contribution < 1.29 is 0 Å². The van der Waals surface area contributed by atoms with Crippen molar-refractivity contribution in [1.82, 2.24) is 0 Å². The second-order valence-corrected chi connectivity index (χ2v) is 4.38. The molecule has 0 aromatic rings. The van der Waals surface area contributed by atoms with Gasteiger partial charge in [-0.1, -0.05) is 25.0 Å². The molecule has 2 N–H and O–H groups in total. The molecule has 0 bridgehead atoms. The summed E-state index contributed by atoms with van der Waals surface area (Å²) in [5.41, 5.74) is 8.99. The van der Waals surface area contributed by atoms with E-state index in [1.165, 1.54) is 38.5 Å². The molecule has 1 fully saturated rings. The van der Waals surface area contributed by atoms with Crippen LogP contribution in [-0.4, -0.2) is 6.54 Å². The van der Waals surface area contributed by atoms with Gasteiger partial charge in [0.2, 0.25) is 0 Å². The van der Waals surface area contributed by atoms with E-state index in [1.54, 1.807) is 11.1 Å². The van der Waals surface area contributed by atoms with Gasteiger partial charge in [0.05, 0.1) is 0 Å². The van der Waals surface area contributed by atoms with E-state index in [2.05, 4.69) is 13.8 Å². The number of hydrogen-bond acceptors (Lipinski definition) is 1. The Labute approximate surface area is 82.4 Å². The van der Waals surface area contributed by atoms with Crippen LogP contribution in [0.4, 0.5) is 0 Å². The average Bonchev–Trinajstić information content (AvgIpc) is 1.99. The topological polar surface area (TPSA) is 26.0 Å². The van der Waals surface area contributed by atoms with Gasteiger partial charge in [0.15, 0.2) is 0 Å². The molecular weight excluding hydrogens is 158 g/mol. The Morgan fingerprint density at radius 1 is 1.31 bits per heavy atom. The molecule has 13 heavy (non-hydrogen) atoms. The number of allylic oxidation sites excluding steroid dienone is 2. The lowest BCUT2D eigenvalue weighted by molar-refractivity contribution is 0.581. The zero-order valence-electron chi connectivity index (χ0n) is 9.10. The van der Waals surface area contributed by atoms with Crippen molar-refractivity contribution in [1.29, 1.82) is 0 Å². The highest BCUT2D eigenvalue weighted by Crippen LogP contribution is 2.34. The Kier molecular flexibility index (Phi) is 4.51. The lowest BCUT2D eigenvalue weighted by Crippen LogP contribution is -2.07. The smallest absolute Gasteiger partial charge is 0.00772 e. The van der Waals surface area contributed by atoms with Gasteiger partial charge >= 0.3 is 0 Å². The molecule has 1 rings (SSSR count). The molecule has 0 unspecified atom stereocenters. The number of unbranched alkanes of at least 4 members (excludes halogenated alkanes) is 1. The molecule has 1 aliphatic carbocycles. The lowest BCUT2D eigenvalue weighted by atomic mass is 9.82. The Morgan fingerprint density at radius 2 is 2.00 bits per heavy atom. The highest BCUT2D eigenvalue weighted by atomic mass is 14.5. The van der Waals surface area contributed by atoms with E-state index in [-0.39, 0.29) is 0 Å². The van der Waals surface area contributed by atoms with E-state index in [4.69, 9.17) is 5.73 Å². The van der Waals surface area contributed by atoms with Crippen molar-refractivity contribution in [2.45, 2.75) is 52.4 Å². The van der Waals surface area contributed by atoms with Crippen LogP contribution < -0.4 is 5.73 Å². The summed E-state index contributed by atoms with van der Waals surface area (Å²) in [6, 6.07) is 0. The normalized spacial score (nSPS) is 16.2. The molecule has 1 aliphatic rings. The van der Waals surface area contributed by atoms with Gasteiger partial charge in [-0.2, -0.15) is 0 Å². The fourth-order valence-electron chi connectivity index (χ4n) is 2.01. The van der Waals surface area contributed by atoms with Gasteiger partial charge in [0, 0.05) is 0 Å². The van der Waals surface area contributed by atoms with Crippen LogP contribution in [0.2, 0.25) is 0 Å². The van der Waals surface area contributed by atoms with Crippen LogP contribution in [0.5, 0.6) is 0 Å². The summed E-state index contributed by atoms with van der Waals surface area (Å²) < 4.78 is 0. The molecule has 0 radical (unpaired) electrons.